The maximum absolute atomic E-state index is 12.0. The molecule has 1 aromatic rings. The van der Waals surface area contributed by atoms with Gasteiger partial charge in [-0.25, -0.2) is 0 Å². The molecule has 1 atom stereocenters. The van der Waals surface area contributed by atoms with Crippen LogP contribution in [0, 0.1) is 0 Å². The molecule has 0 unspecified atom stereocenters. The van der Waals surface area contributed by atoms with Gasteiger partial charge in [-0.3, -0.25) is 4.98 Å². The summed E-state index contributed by atoms with van der Waals surface area (Å²) in [6, 6.07) is 0.476. The number of hydrogen-bond donors (Lipinski definition) is 1. The minimum Gasteiger partial charge on any atom is -0.324 e. The molecule has 1 heterocycles. The normalized spacial score (nSPS) is 13.1. The van der Waals surface area contributed by atoms with E-state index in [9.17, 15) is 13.2 Å². The molecule has 7 heteroatoms. The second-order valence-corrected chi connectivity index (χ2v) is 3.78. The lowest BCUT2D eigenvalue weighted by Crippen LogP contribution is -2.20. The number of halogens is 5. The molecular weight excluding hydrogens is 296 g/mol. The Morgan fingerprint density at radius 2 is 2.00 bits per heavy atom. The standard InChI is InChI=1S/C8H8BrF3N2.ClH/c9-6-1-5(3-14-4-6)7(13)2-8(10,11)12;/h1,3-4,7H,2,13H2;1H/t7-;/m0./s1. The lowest BCUT2D eigenvalue weighted by molar-refractivity contribution is -0.138. The van der Waals surface area contributed by atoms with E-state index in [1.54, 1.807) is 0 Å². The molecule has 2 nitrogen and oxygen atoms in total. The first-order valence-corrected chi connectivity index (χ1v) is 4.60. The minimum absolute atomic E-state index is 0. The maximum atomic E-state index is 12.0. The number of hydrogen-bond acceptors (Lipinski definition) is 2. The van der Waals surface area contributed by atoms with E-state index in [1.165, 1.54) is 18.5 Å². The van der Waals surface area contributed by atoms with Crippen LogP contribution in [0.2, 0.25) is 0 Å². The lowest BCUT2D eigenvalue weighted by atomic mass is 10.1. The first-order chi connectivity index (χ1) is 6.38. The molecule has 1 aromatic heterocycles. The van der Waals surface area contributed by atoms with Gasteiger partial charge in [0.15, 0.2) is 0 Å². The van der Waals surface area contributed by atoms with Crippen molar-refractivity contribution in [3.05, 3.63) is 28.5 Å². The van der Waals surface area contributed by atoms with Crippen LogP contribution in [0.4, 0.5) is 13.2 Å². The molecule has 2 N–H and O–H groups in total. The zero-order valence-corrected chi connectivity index (χ0v) is 9.86. The van der Waals surface area contributed by atoms with Crippen LogP contribution < -0.4 is 5.73 Å². The molecule has 0 radical (unpaired) electrons. The smallest absolute Gasteiger partial charge is 0.324 e. The first-order valence-electron chi connectivity index (χ1n) is 3.81. The third kappa shape index (κ3) is 5.34. The summed E-state index contributed by atoms with van der Waals surface area (Å²) in [4.78, 5) is 3.74. The zero-order chi connectivity index (χ0) is 10.8. The number of nitrogens with two attached hydrogens (primary N) is 1. The molecule has 1 rings (SSSR count). The largest absolute Gasteiger partial charge is 0.390 e. The first kappa shape index (κ1) is 14.7. The van der Waals surface area contributed by atoms with Crippen molar-refractivity contribution in [1.82, 2.24) is 4.98 Å². The highest BCUT2D eigenvalue weighted by molar-refractivity contribution is 9.10. The number of nitrogens with zero attached hydrogens (tertiary/aromatic N) is 1. The van der Waals surface area contributed by atoms with E-state index < -0.39 is 18.6 Å². The third-order valence-corrected chi connectivity index (χ3v) is 2.04. The number of aromatic nitrogens is 1. The van der Waals surface area contributed by atoms with Crippen LogP contribution in [-0.4, -0.2) is 11.2 Å². The van der Waals surface area contributed by atoms with E-state index in [0.717, 1.165) is 0 Å². The van der Waals surface area contributed by atoms with Crippen molar-refractivity contribution in [2.24, 2.45) is 5.73 Å². The average molecular weight is 306 g/mol. The van der Waals surface area contributed by atoms with Crippen molar-refractivity contribution < 1.29 is 13.2 Å². The molecule has 0 amide bonds. The van der Waals surface area contributed by atoms with Gasteiger partial charge in [0.1, 0.15) is 0 Å². The number of alkyl halides is 3. The monoisotopic (exact) mass is 304 g/mol. The van der Waals surface area contributed by atoms with Crippen molar-refractivity contribution in [2.75, 3.05) is 0 Å². The molecule has 0 aliphatic carbocycles. The van der Waals surface area contributed by atoms with Crippen LogP contribution in [0.3, 0.4) is 0 Å². The Kier molecular flexibility index (Phi) is 5.55. The van der Waals surface area contributed by atoms with Crippen LogP contribution in [0.1, 0.15) is 18.0 Å². The fourth-order valence-corrected chi connectivity index (χ4v) is 1.38. The molecule has 0 aliphatic heterocycles. The van der Waals surface area contributed by atoms with E-state index in [-0.39, 0.29) is 12.4 Å². The summed E-state index contributed by atoms with van der Waals surface area (Å²) in [6.07, 6.45) is -2.46. The second kappa shape index (κ2) is 5.67. The van der Waals surface area contributed by atoms with Crippen molar-refractivity contribution in [3.63, 3.8) is 0 Å². The van der Waals surface area contributed by atoms with E-state index in [1.807, 2.05) is 0 Å². The van der Waals surface area contributed by atoms with Gasteiger partial charge in [-0.15, -0.1) is 12.4 Å². The predicted octanol–water partition coefficient (Wildman–Crippen LogP) is 3.22. The van der Waals surface area contributed by atoms with Crippen molar-refractivity contribution >= 4 is 28.3 Å². The highest BCUT2D eigenvalue weighted by Crippen LogP contribution is 2.28. The lowest BCUT2D eigenvalue weighted by Gasteiger charge is -2.13. The van der Waals surface area contributed by atoms with Gasteiger partial charge in [0.25, 0.3) is 0 Å². The molecule has 0 aromatic carbocycles. The fraction of sp³-hybridized carbons (Fsp3) is 0.375. The van der Waals surface area contributed by atoms with Gasteiger partial charge in [0, 0.05) is 22.9 Å². The summed E-state index contributed by atoms with van der Waals surface area (Å²) in [5.74, 6) is 0. The van der Waals surface area contributed by atoms with Gasteiger partial charge >= 0.3 is 6.18 Å². The van der Waals surface area contributed by atoms with E-state index in [2.05, 4.69) is 20.9 Å². The van der Waals surface area contributed by atoms with Crippen LogP contribution in [0.5, 0.6) is 0 Å². The van der Waals surface area contributed by atoms with Gasteiger partial charge in [-0.2, -0.15) is 13.2 Å². The average Bonchev–Trinajstić information content (AvgIpc) is 2.01. The van der Waals surface area contributed by atoms with E-state index in [4.69, 9.17) is 5.73 Å². The highest BCUT2D eigenvalue weighted by atomic mass is 79.9. The van der Waals surface area contributed by atoms with Gasteiger partial charge in [0.2, 0.25) is 0 Å². The van der Waals surface area contributed by atoms with Gasteiger partial charge in [-0.1, -0.05) is 0 Å². The summed E-state index contributed by atoms with van der Waals surface area (Å²) in [7, 11) is 0. The number of rotatable bonds is 2. The highest BCUT2D eigenvalue weighted by Gasteiger charge is 2.30. The molecule has 0 saturated carbocycles. The number of pyridine rings is 1. The predicted molar refractivity (Wildman–Crippen MR) is 56.8 cm³/mol. The SMILES string of the molecule is Cl.N[C@@H](CC(F)(F)F)c1cncc(Br)c1. The van der Waals surface area contributed by atoms with Crippen molar-refractivity contribution in [1.29, 1.82) is 0 Å². The van der Waals surface area contributed by atoms with Crippen LogP contribution in [0.25, 0.3) is 0 Å². The Labute approximate surface area is 99.6 Å². The van der Waals surface area contributed by atoms with Crippen LogP contribution in [0.15, 0.2) is 22.9 Å². The topological polar surface area (TPSA) is 38.9 Å². The molecule has 0 aliphatic rings. The summed E-state index contributed by atoms with van der Waals surface area (Å²) < 4.78 is 36.6. The maximum Gasteiger partial charge on any atom is 0.390 e. The Bertz CT molecular complexity index is 319. The molecule has 0 spiro atoms. The summed E-state index contributed by atoms with van der Waals surface area (Å²) in [5, 5.41) is 0. The third-order valence-electron chi connectivity index (χ3n) is 1.61. The summed E-state index contributed by atoms with van der Waals surface area (Å²) in [6.45, 7) is 0. The quantitative estimate of drug-likeness (QED) is 0.911. The Hall–Kier alpha value is -0.330. The molecule has 0 bridgehead atoms. The fourth-order valence-electron chi connectivity index (χ4n) is 0.998. The molecule has 15 heavy (non-hydrogen) atoms. The van der Waals surface area contributed by atoms with Gasteiger partial charge in [-0.05, 0) is 27.6 Å². The Morgan fingerprint density at radius 1 is 1.40 bits per heavy atom. The van der Waals surface area contributed by atoms with Crippen LogP contribution >= 0.6 is 28.3 Å². The van der Waals surface area contributed by atoms with Gasteiger partial charge < -0.3 is 5.73 Å². The Balaban J connectivity index is 0.00000196. The summed E-state index contributed by atoms with van der Waals surface area (Å²) >= 11 is 3.11. The van der Waals surface area contributed by atoms with Gasteiger partial charge in [0.05, 0.1) is 6.42 Å². The van der Waals surface area contributed by atoms with E-state index in [0.29, 0.717) is 10.0 Å². The van der Waals surface area contributed by atoms with Crippen molar-refractivity contribution in [3.8, 4) is 0 Å². The van der Waals surface area contributed by atoms with Crippen LogP contribution in [-0.2, 0) is 0 Å². The van der Waals surface area contributed by atoms with E-state index >= 15 is 0 Å². The molecular formula is C8H9BrClF3N2. The Morgan fingerprint density at radius 3 is 2.47 bits per heavy atom. The second-order valence-electron chi connectivity index (χ2n) is 2.86. The van der Waals surface area contributed by atoms with Crippen molar-refractivity contribution in [2.45, 2.75) is 18.6 Å². The molecule has 86 valence electrons. The zero-order valence-electron chi connectivity index (χ0n) is 7.46. The molecule has 0 saturated heterocycles. The molecule has 0 fully saturated rings. The minimum atomic E-state index is -4.25. The summed E-state index contributed by atoms with van der Waals surface area (Å²) in [5.41, 5.74) is 5.74.